The Hall–Kier alpha value is -2.08. The minimum absolute atomic E-state index is 0.0337. The van der Waals surface area contributed by atoms with Crippen LogP contribution in [-0.4, -0.2) is 11.5 Å². The number of hydrogen-bond acceptors (Lipinski definition) is 5. The fraction of sp³-hybridized carbons (Fsp3) is 0.286. The van der Waals surface area contributed by atoms with Crippen molar-refractivity contribution in [1.82, 2.24) is 0 Å². The monoisotopic (exact) mass is 292 g/mol. The Bertz CT molecular complexity index is 570. The van der Waals surface area contributed by atoms with Crippen molar-refractivity contribution in [2.45, 2.75) is 19.9 Å². The van der Waals surface area contributed by atoms with Crippen molar-refractivity contribution >= 4 is 22.7 Å². The van der Waals surface area contributed by atoms with Crippen LogP contribution in [0.15, 0.2) is 35.0 Å². The van der Waals surface area contributed by atoms with Crippen LogP contribution in [0, 0.1) is 10.1 Å². The summed E-state index contributed by atoms with van der Waals surface area (Å²) in [5, 5.41) is 18.2. The first-order chi connectivity index (χ1) is 9.69. The number of rotatable bonds is 7. The van der Waals surface area contributed by atoms with Gasteiger partial charge in [-0.25, -0.2) is 0 Å². The number of hydrogen-bond donors (Lipinski definition) is 1. The Morgan fingerprint density at radius 1 is 1.40 bits per heavy atom. The minimum atomic E-state index is -0.408. The van der Waals surface area contributed by atoms with E-state index in [-0.39, 0.29) is 5.69 Å². The van der Waals surface area contributed by atoms with Crippen LogP contribution in [0.25, 0.3) is 0 Å². The van der Waals surface area contributed by atoms with Crippen molar-refractivity contribution in [3.05, 3.63) is 50.7 Å². The molecule has 0 aliphatic rings. The lowest BCUT2D eigenvalue weighted by Crippen LogP contribution is -2.01. The highest BCUT2D eigenvalue weighted by molar-refractivity contribution is 7.07. The summed E-state index contributed by atoms with van der Waals surface area (Å²) in [7, 11) is 0. The van der Waals surface area contributed by atoms with Gasteiger partial charge in [0.05, 0.1) is 17.6 Å². The average molecular weight is 292 g/mol. The van der Waals surface area contributed by atoms with Crippen LogP contribution >= 0.6 is 11.3 Å². The minimum Gasteiger partial charge on any atom is -0.493 e. The molecule has 0 atom stereocenters. The van der Waals surface area contributed by atoms with Gasteiger partial charge in [-0.15, -0.1) is 0 Å². The molecule has 20 heavy (non-hydrogen) atoms. The maximum atomic E-state index is 10.9. The zero-order chi connectivity index (χ0) is 14.4. The molecule has 0 aliphatic carbocycles. The molecule has 5 nitrogen and oxygen atoms in total. The van der Waals surface area contributed by atoms with E-state index in [1.807, 2.05) is 23.8 Å². The van der Waals surface area contributed by atoms with E-state index in [0.29, 0.717) is 24.6 Å². The highest BCUT2D eigenvalue weighted by atomic mass is 32.1. The van der Waals surface area contributed by atoms with E-state index in [1.54, 1.807) is 17.4 Å². The van der Waals surface area contributed by atoms with Crippen LogP contribution in [0.5, 0.6) is 5.75 Å². The molecule has 0 amide bonds. The summed E-state index contributed by atoms with van der Waals surface area (Å²) >= 11 is 1.62. The summed E-state index contributed by atoms with van der Waals surface area (Å²) in [6.45, 7) is 3.18. The van der Waals surface area contributed by atoms with Gasteiger partial charge in [0.2, 0.25) is 0 Å². The third-order valence-electron chi connectivity index (χ3n) is 2.65. The van der Waals surface area contributed by atoms with Gasteiger partial charge in [-0.1, -0.05) is 6.92 Å². The van der Waals surface area contributed by atoms with Crippen molar-refractivity contribution < 1.29 is 9.66 Å². The van der Waals surface area contributed by atoms with Crippen LogP contribution in [0.4, 0.5) is 11.4 Å². The standard InChI is InChI=1S/C14H16N2O3S/c1-2-4-19-14-7-12(6-13(8-14)16(17)18)15-9-11-3-5-20-10-11/h3,5-8,10,15H,2,4,9H2,1H3. The lowest BCUT2D eigenvalue weighted by atomic mass is 10.2. The van der Waals surface area contributed by atoms with E-state index < -0.39 is 4.92 Å². The molecule has 1 heterocycles. The third-order valence-corrected chi connectivity index (χ3v) is 3.38. The van der Waals surface area contributed by atoms with Crippen LogP contribution < -0.4 is 10.1 Å². The second kappa shape index (κ2) is 6.91. The highest BCUT2D eigenvalue weighted by Crippen LogP contribution is 2.26. The van der Waals surface area contributed by atoms with Gasteiger partial charge < -0.3 is 10.1 Å². The van der Waals surface area contributed by atoms with Crippen LogP contribution in [0.1, 0.15) is 18.9 Å². The number of nitro groups is 1. The molecule has 0 saturated carbocycles. The number of anilines is 1. The van der Waals surface area contributed by atoms with Gasteiger partial charge in [0, 0.05) is 24.4 Å². The smallest absolute Gasteiger partial charge is 0.275 e. The number of nitrogens with one attached hydrogen (secondary N) is 1. The molecule has 0 aliphatic heterocycles. The predicted molar refractivity (Wildman–Crippen MR) is 80.5 cm³/mol. The summed E-state index contributed by atoms with van der Waals surface area (Å²) < 4.78 is 5.48. The molecular formula is C14H16N2O3S. The molecule has 106 valence electrons. The lowest BCUT2D eigenvalue weighted by molar-refractivity contribution is -0.384. The number of non-ortho nitro benzene ring substituents is 1. The van der Waals surface area contributed by atoms with Crippen molar-refractivity contribution in [3.8, 4) is 5.75 Å². The van der Waals surface area contributed by atoms with E-state index in [2.05, 4.69) is 5.32 Å². The Labute approximate surface area is 121 Å². The van der Waals surface area contributed by atoms with Gasteiger partial charge in [0.1, 0.15) is 5.75 Å². The summed E-state index contributed by atoms with van der Waals surface area (Å²) in [5.74, 6) is 0.522. The summed E-state index contributed by atoms with van der Waals surface area (Å²) in [5.41, 5.74) is 1.88. The molecule has 2 aromatic rings. The number of nitro benzene ring substituents is 1. The van der Waals surface area contributed by atoms with Crippen LogP contribution in [-0.2, 0) is 6.54 Å². The normalized spacial score (nSPS) is 10.2. The first-order valence-electron chi connectivity index (χ1n) is 6.36. The summed E-state index contributed by atoms with van der Waals surface area (Å²) in [6, 6.07) is 6.77. The van der Waals surface area contributed by atoms with Crippen molar-refractivity contribution in [1.29, 1.82) is 0 Å². The van der Waals surface area contributed by atoms with E-state index in [9.17, 15) is 10.1 Å². The highest BCUT2D eigenvalue weighted by Gasteiger charge is 2.10. The fourth-order valence-electron chi connectivity index (χ4n) is 1.69. The second-order valence-electron chi connectivity index (χ2n) is 4.31. The SMILES string of the molecule is CCCOc1cc(NCc2ccsc2)cc([N+](=O)[O-])c1. The molecule has 1 N–H and O–H groups in total. The molecule has 2 rings (SSSR count). The molecule has 0 fully saturated rings. The molecule has 6 heteroatoms. The van der Waals surface area contributed by atoms with Gasteiger partial charge in [-0.3, -0.25) is 10.1 Å². The zero-order valence-corrected chi connectivity index (χ0v) is 12.0. The lowest BCUT2D eigenvalue weighted by Gasteiger charge is -2.09. The van der Waals surface area contributed by atoms with Crippen molar-refractivity contribution in [2.75, 3.05) is 11.9 Å². The average Bonchev–Trinajstić information content (AvgIpc) is 2.96. The number of benzene rings is 1. The summed E-state index contributed by atoms with van der Waals surface area (Å²) in [4.78, 5) is 10.5. The van der Waals surface area contributed by atoms with Gasteiger partial charge in [0.25, 0.3) is 5.69 Å². The van der Waals surface area contributed by atoms with Gasteiger partial charge in [-0.05, 0) is 28.8 Å². The van der Waals surface area contributed by atoms with Crippen LogP contribution in [0.2, 0.25) is 0 Å². The first-order valence-corrected chi connectivity index (χ1v) is 7.30. The largest absolute Gasteiger partial charge is 0.493 e. The number of nitrogens with zero attached hydrogens (tertiary/aromatic N) is 1. The van der Waals surface area contributed by atoms with E-state index in [4.69, 9.17) is 4.74 Å². The van der Waals surface area contributed by atoms with Gasteiger partial charge in [-0.2, -0.15) is 11.3 Å². The zero-order valence-electron chi connectivity index (χ0n) is 11.2. The van der Waals surface area contributed by atoms with E-state index in [0.717, 1.165) is 12.0 Å². The van der Waals surface area contributed by atoms with Gasteiger partial charge in [0.15, 0.2) is 0 Å². The van der Waals surface area contributed by atoms with Crippen molar-refractivity contribution in [3.63, 3.8) is 0 Å². The molecule has 0 spiro atoms. The Kier molecular flexibility index (Phi) is 4.95. The fourth-order valence-corrected chi connectivity index (χ4v) is 2.36. The second-order valence-corrected chi connectivity index (χ2v) is 5.09. The number of thiophene rings is 1. The third kappa shape index (κ3) is 3.96. The quantitative estimate of drug-likeness (QED) is 0.617. The molecule has 1 aromatic heterocycles. The molecule has 0 unspecified atom stereocenters. The molecule has 0 bridgehead atoms. The topological polar surface area (TPSA) is 64.4 Å². The van der Waals surface area contributed by atoms with E-state index >= 15 is 0 Å². The van der Waals surface area contributed by atoms with Crippen molar-refractivity contribution in [2.24, 2.45) is 0 Å². The predicted octanol–water partition coefficient (Wildman–Crippen LogP) is 4.06. The summed E-state index contributed by atoms with van der Waals surface area (Å²) in [6.07, 6.45) is 0.861. The van der Waals surface area contributed by atoms with E-state index in [1.165, 1.54) is 12.1 Å². The Balaban J connectivity index is 2.13. The first kappa shape index (κ1) is 14.3. The number of ether oxygens (including phenoxy) is 1. The molecule has 0 radical (unpaired) electrons. The molecule has 0 saturated heterocycles. The maximum absolute atomic E-state index is 10.9. The Morgan fingerprint density at radius 3 is 2.90 bits per heavy atom. The Morgan fingerprint density at radius 2 is 2.25 bits per heavy atom. The molecular weight excluding hydrogens is 276 g/mol. The molecule has 1 aromatic carbocycles. The van der Waals surface area contributed by atoms with Gasteiger partial charge >= 0.3 is 0 Å². The van der Waals surface area contributed by atoms with Crippen LogP contribution in [0.3, 0.4) is 0 Å². The maximum Gasteiger partial charge on any atom is 0.275 e.